The summed E-state index contributed by atoms with van der Waals surface area (Å²) >= 11 is 0. The zero-order valence-corrected chi connectivity index (χ0v) is 19.6. The molecule has 2 aliphatic rings. The van der Waals surface area contributed by atoms with Gasteiger partial charge in [-0.3, -0.25) is 4.79 Å². The van der Waals surface area contributed by atoms with E-state index in [1.54, 1.807) is 18.2 Å². The summed E-state index contributed by atoms with van der Waals surface area (Å²) in [7, 11) is -2.11. The summed E-state index contributed by atoms with van der Waals surface area (Å²) in [6.45, 7) is 2.29. The highest BCUT2D eigenvalue weighted by Crippen LogP contribution is 2.31. The minimum atomic E-state index is -3.63. The smallest absolute Gasteiger partial charge is 0.243 e. The Morgan fingerprint density at radius 1 is 1.00 bits per heavy atom. The van der Waals surface area contributed by atoms with Gasteiger partial charge in [-0.2, -0.15) is 4.31 Å². The Hall–Kier alpha value is -2.65. The van der Waals surface area contributed by atoms with E-state index in [4.69, 9.17) is 4.74 Å². The standard InChI is InChI=1S/C24H30FN3O4S/c1-32-20-6-8-21(9-7-20)33(30,31)28-15-11-18(12-16-28)24(29)26-22-17-19(25)5-10-23(22)27-13-3-2-4-14-27/h5-10,17-18H,2-4,11-16H2,1H3,(H,26,29). The highest BCUT2D eigenvalue weighted by molar-refractivity contribution is 7.89. The second-order valence-electron chi connectivity index (χ2n) is 8.55. The molecule has 0 spiro atoms. The van der Waals surface area contributed by atoms with Crippen molar-refractivity contribution in [2.75, 3.05) is 43.5 Å². The quantitative estimate of drug-likeness (QED) is 0.686. The molecule has 1 N–H and O–H groups in total. The number of halogens is 1. The third-order valence-electron chi connectivity index (χ3n) is 6.44. The normalized spacial score (nSPS) is 18.2. The third kappa shape index (κ3) is 5.30. The summed E-state index contributed by atoms with van der Waals surface area (Å²) < 4.78 is 46.4. The molecule has 9 heteroatoms. The Kier molecular flexibility index (Phi) is 7.19. The first kappa shape index (κ1) is 23.5. The van der Waals surface area contributed by atoms with Crippen LogP contribution < -0.4 is 15.0 Å². The fraction of sp³-hybridized carbons (Fsp3) is 0.458. The molecule has 4 rings (SSSR count). The van der Waals surface area contributed by atoms with Crippen molar-refractivity contribution in [3.63, 3.8) is 0 Å². The predicted molar refractivity (Wildman–Crippen MR) is 126 cm³/mol. The maximum Gasteiger partial charge on any atom is 0.243 e. The van der Waals surface area contributed by atoms with Crippen LogP contribution in [-0.2, 0) is 14.8 Å². The van der Waals surface area contributed by atoms with E-state index in [1.165, 1.54) is 42.1 Å². The molecule has 2 heterocycles. The minimum absolute atomic E-state index is 0.194. The van der Waals surface area contributed by atoms with E-state index in [2.05, 4.69) is 10.2 Å². The number of methoxy groups -OCH3 is 1. The van der Waals surface area contributed by atoms with E-state index >= 15 is 0 Å². The minimum Gasteiger partial charge on any atom is -0.497 e. The van der Waals surface area contributed by atoms with Crippen LogP contribution in [0.4, 0.5) is 15.8 Å². The predicted octanol–water partition coefficient (Wildman–Crippen LogP) is 3.86. The number of hydrogen-bond acceptors (Lipinski definition) is 5. The first-order chi connectivity index (χ1) is 15.9. The number of ether oxygens (including phenoxy) is 1. The topological polar surface area (TPSA) is 79.0 Å². The zero-order valence-electron chi connectivity index (χ0n) is 18.8. The summed E-state index contributed by atoms with van der Waals surface area (Å²) in [5.74, 6) is -0.331. The van der Waals surface area contributed by atoms with Gasteiger partial charge in [-0.1, -0.05) is 0 Å². The monoisotopic (exact) mass is 475 g/mol. The average molecular weight is 476 g/mol. The number of nitrogens with one attached hydrogen (secondary N) is 1. The third-order valence-corrected chi connectivity index (χ3v) is 8.35. The van der Waals surface area contributed by atoms with Crippen LogP contribution in [0, 0.1) is 11.7 Å². The van der Waals surface area contributed by atoms with Crippen LogP contribution >= 0.6 is 0 Å². The van der Waals surface area contributed by atoms with E-state index in [9.17, 15) is 17.6 Å². The molecule has 0 atom stereocenters. The van der Waals surface area contributed by atoms with Crippen molar-refractivity contribution < 1.29 is 22.3 Å². The molecule has 0 unspecified atom stereocenters. The Morgan fingerprint density at radius 2 is 1.67 bits per heavy atom. The summed E-state index contributed by atoms with van der Waals surface area (Å²) in [4.78, 5) is 15.4. The molecule has 2 saturated heterocycles. The average Bonchev–Trinajstić information content (AvgIpc) is 2.85. The SMILES string of the molecule is COc1ccc(S(=O)(=O)N2CCC(C(=O)Nc3cc(F)ccc3N3CCCCC3)CC2)cc1. The highest BCUT2D eigenvalue weighted by atomic mass is 32.2. The molecule has 0 bridgehead atoms. The summed E-state index contributed by atoms with van der Waals surface area (Å²) in [6, 6.07) is 10.8. The van der Waals surface area contributed by atoms with Crippen LogP contribution in [-0.4, -0.2) is 51.9 Å². The molecule has 2 aliphatic heterocycles. The lowest BCUT2D eigenvalue weighted by atomic mass is 9.97. The van der Waals surface area contributed by atoms with Gasteiger partial charge in [0.2, 0.25) is 15.9 Å². The lowest BCUT2D eigenvalue weighted by Crippen LogP contribution is -2.41. The van der Waals surface area contributed by atoms with Gasteiger partial charge in [0.25, 0.3) is 0 Å². The molecule has 0 radical (unpaired) electrons. The lowest BCUT2D eigenvalue weighted by Gasteiger charge is -2.32. The summed E-state index contributed by atoms with van der Waals surface area (Å²) in [6.07, 6.45) is 4.15. The number of carbonyl (C=O) groups is 1. The second kappa shape index (κ2) is 10.1. The lowest BCUT2D eigenvalue weighted by molar-refractivity contribution is -0.120. The number of carbonyl (C=O) groups excluding carboxylic acids is 1. The zero-order chi connectivity index (χ0) is 23.4. The van der Waals surface area contributed by atoms with Crippen LogP contribution in [0.25, 0.3) is 0 Å². The van der Waals surface area contributed by atoms with Crippen LogP contribution in [0.2, 0.25) is 0 Å². The number of nitrogens with zero attached hydrogens (tertiary/aromatic N) is 2. The fourth-order valence-electron chi connectivity index (χ4n) is 4.51. The van der Waals surface area contributed by atoms with Gasteiger partial charge in [0.1, 0.15) is 11.6 Å². The van der Waals surface area contributed by atoms with Crippen LogP contribution in [0.3, 0.4) is 0 Å². The first-order valence-corrected chi connectivity index (χ1v) is 12.8. The van der Waals surface area contributed by atoms with Gasteiger partial charge in [0.05, 0.1) is 23.4 Å². The van der Waals surface area contributed by atoms with Gasteiger partial charge in [-0.25, -0.2) is 12.8 Å². The Labute approximate surface area is 194 Å². The van der Waals surface area contributed by atoms with Crippen LogP contribution in [0.1, 0.15) is 32.1 Å². The van der Waals surface area contributed by atoms with Gasteiger partial charge in [-0.15, -0.1) is 0 Å². The largest absolute Gasteiger partial charge is 0.497 e. The maximum atomic E-state index is 13.9. The van der Waals surface area contributed by atoms with Crippen molar-refractivity contribution >= 4 is 27.3 Å². The molecule has 7 nitrogen and oxygen atoms in total. The summed E-state index contributed by atoms with van der Waals surface area (Å²) in [5, 5.41) is 2.91. The van der Waals surface area contributed by atoms with Crippen LogP contribution in [0.5, 0.6) is 5.75 Å². The van der Waals surface area contributed by atoms with Gasteiger partial charge >= 0.3 is 0 Å². The van der Waals surface area contributed by atoms with Crippen molar-refractivity contribution in [2.24, 2.45) is 5.92 Å². The highest BCUT2D eigenvalue weighted by Gasteiger charge is 2.32. The van der Waals surface area contributed by atoms with Crippen molar-refractivity contribution in [3.05, 3.63) is 48.3 Å². The molecule has 33 heavy (non-hydrogen) atoms. The molecule has 2 fully saturated rings. The van der Waals surface area contributed by atoms with Crippen LogP contribution in [0.15, 0.2) is 47.4 Å². The number of sulfonamides is 1. The van der Waals surface area contributed by atoms with Crippen molar-refractivity contribution in [1.29, 1.82) is 0 Å². The fourth-order valence-corrected chi connectivity index (χ4v) is 5.98. The van der Waals surface area contributed by atoms with Crippen molar-refractivity contribution in [1.82, 2.24) is 4.31 Å². The second-order valence-corrected chi connectivity index (χ2v) is 10.5. The van der Waals surface area contributed by atoms with Gasteiger partial charge < -0.3 is 15.0 Å². The maximum absolute atomic E-state index is 13.9. The van der Waals surface area contributed by atoms with E-state index in [0.29, 0.717) is 24.3 Å². The number of amides is 1. The Morgan fingerprint density at radius 3 is 2.30 bits per heavy atom. The van der Waals surface area contributed by atoms with Crippen molar-refractivity contribution in [3.8, 4) is 5.75 Å². The van der Waals surface area contributed by atoms with Gasteiger partial charge in [0.15, 0.2) is 0 Å². The van der Waals surface area contributed by atoms with E-state index in [1.807, 2.05) is 0 Å². The van der Waals surface area contributed by atoms with E-state index < -0.39 is 15.8 Å². The molecule has 0 aliphatic carbocycles. The Bertz CT molecular complexity index is 1080. The molecule has 1 amide bonds. The molecular weight excluding hydrogens is 445 g/mol. The summed E-state index contributed by atoms with van der Waals surface area (Å²) in [5.41, 5.74) is 1.32. The van der Waals surface area contributed by atoms with Crippen molar-refractivity contribution in [2.45, 2.75) is 37.0 Å². The molecular formula is C24H30FN3O4S. The van der Waals surface area contributed by atoms with E-state index in [-0.39, 0.29) is 29.8 Å². The van der Waals surface area contributed by atoms with E-state index in [0.717, 1.165) is 31.6 Å². The Balaban J connectivity index is 1.40. The molecule has 2 aromatic rings. The molecule has 2 aromatic carbocycles. The number of piperidine rings is 2. The first-order valence-electron chi connectivity index (χ1n) is 11.4. The van der Waals surface area contributed by atoms with Gasteiger partial charge in [-0.05, 0) is 74.6 Å². The molecule has 0 saturated carbocycles. The number of benzene rings is 2. The number of hydrogen-bond donors (Lipinski definition) is 1. The molecule has 178 valence electrons. The van der Waals surface area contributed by atoms with Gasteiger partial charge in [0, 0.05) is 32.1 Å². The number of anilines is 2. The molecule has 0 aromatic heterocycles. The number of rotatable bonds is 6.